The second kappa shape index (κ2) is 6.35. The fourth-order valence-electron chi connectivity index (χ4n) is 5.14. The van der Waals surface area contributed by atoms with Gasteiger partial charge in [0.2, 0.25) is 0 Å². The van der Waals surface area contributed by atoms with Crippen LogP contribution in [-0.2, 0) is 4.74 Å². The van der Waals surface area contributed by atoms with Crippen molar-refractivity contribution in [3.05, 3.63) is 0 Å². The first-order valence-corrected chi connectivity index (χ1v) is 8.54. The first-order valence-electron chi connectivity index (χ1n) is 8.54. The molecule has 2 saturated heterocycles. The summed E-state index contributed by atoms with van der Waals surface area (Å²) in [7, 11) is 0. The molecule has 0 aromatic rings. The molecule has 124 valence electrons. The van der Waals surface area contributed by atoms with Crippen molar-refractivity contribution in [3.8, 4) is 0 Å². The van der Waals surface area contributed by atoms with Crippen molar-refractivity contribution in [1.82, 2.24) is 10.2 Å². The van der Waals surface area contributed by atoms with E-state index in [1.807, 2.05) is 0 Å². The van der Waals surface area contributed by atoms with E-state index in [4.69, 9.17) is 4.74 Å². The van der Waals surface area contributed by atoms with Crippen molar-refractivity contribution in [1.29, 1.82) is 0 Å². The Hall–Kier alpha value is 0.170. The van der Waals surface area contributed by atoms with Crippen molar-refractivity contribution in [2.75, 3.05) is 32.8 Å². The Morgan fingerprint density at radius 1 is 1.29 bits per heavy atom. The molecule has 21 heavy (non-hydrogen) atoms. The third-order valence-electron chi connectivity index (χ3n) is 5.98. The number of ether oxygens (including phenoxy) is 1. The highest BCUT2D eigenvalue weighted by Crippen LogP contribution is 2.55. The Labute approximate surface area is 136 Å². The number of hydrogen-bond acceptors (Lipinski definition) is 3. The van der Waals surface area contributed by atoms with Gasteiger partial charge in [-0.2, -0.15) is 0 Å². The SMILES string of the molecule is CCCN(CC1(C)CCNC1)C1C2CCOC2C1(C)C.Cl. The predicted molar refractivity (Wildman–Crippen MR) is 90.1 cm³/mol. The molecule has 4 heteroatoms. The summed E-state index contributed by atoms with van der Waals surface area (Å²) in [6.07, 6.45) is 4.37. The van der Waals surface area contributed by atoms with Gasteiger partial charge in [-0.3, -0.25) is 4.90 Å². The molecule has 0 aromatic carbocycles. The van der Waals surface area contributed by atoms with E-state index in [1.165, 1.54) is 45.4 Å². The van der Waals surface area contributed by atoms with E-state index in [1.54, 1.807) is 0 Å². The standard InChI is InChI=1S/C17H32N2O.ClH/c1-5-9-19(12-17(4)7-8-18-11-17)14-13-6-10-20-15(13)16(14,2)3;/h13-15,18H,5-12H2,1-4H3;1H. The molecule has 1 saturated carbocycles. The Kier molecular flexibility index (Phi) is 5.30. The molecular weight excluding hydrogens is 284 g/mol. The Morgan fingerprint density at radius 3 is 2.67 bits per heavy atom. The molecule has 1 aliphatic carbocycles. The van der Waals surface area contributed by atoms with E-state index in [9.17, 15) is 0 Å². The lowest BCUT2D eigenvalue weighted by Gasteiger charge is -2.59. The quantitative estimate of drug-likeness (QED) is 0.844. The van der Waals surface area contributed by atoms with Gasteiger partial charge >= 0.3 is 0 Å². The summed E-state index contributed by atoms with van der Waals surface area (Å²) in [6, 6.07) is 0.729. The lowest BCUT2D eigenvalue weighted by molar-refractivity contribution is -0.160. The van der Waals surface area contributed by atoms with Gasteiger partial charge in [-0.15, -0.1) is 12.4 Å². The number of halogens is 1. The summed E-state index contributed by atoms with van der Waals surface area (Å²) in [4.78, 5) is 2.81. The molecule has 0 aromatic heterocycles. The first kappa shape index (κ1) is 17.5. The number of nitrogens with one attached hydrogen (secondary N) is 1. The van der Waals surface area contributed by atoms with Crippen LogP contribution in [-0.4, -0.2) is 49.8 Å². The summed E-state index contributed by atoms with van der Waals surface area (Å²) in [5.74, 6) is 0.787. The zero-order valence-electron chi connectivity index (χ0n) is 14.2. The van der Waals surface area contributed by atoms with Crippen molar-refractivity contribution in [3.63, 3.8) is 0 Å². The number of fused-ring (bicyclic) bond motifs is 1. The van der Waals surface area contributed by atoms with E-state index < -0.39 is 0 Å². The Morgan fingerprint density at radius 2 is 2.05 bits per heavy atom. The average molecular weight is 317 g/mol. The normalized spacial score (nSPS) is 40.7. The van der Waals surface area contributed by atoms with Gasteiger partial charge in [0, 0.05) is 37.1 Å². The van der Waals surface area contributed by atoms with Crippen LogP contribution >= 0.6 is 12.4 Å². The van der Waals surface area contributed by atoms with Crippen molar-refractivity contribution in [2.45, 2.75) is 59.1 Å². The van der Waals surface area contributed by atoms with Crippen LogP contribution in [0.3, 0.4) is 0 Å². The Bertz CT molecular complexity index is 355. The predicted octanol–water partition coefficient (Wildman–Crippen LogP) is 2.93. The summed E-state index contributed by atoms with van der Waals surface area (Å²) in [6.45, 7) is 15.5. The second-order valence-electron chi connectivity index (χ2n) is 8.22. The van der Waals surface area contributed by atoms with Crippen LogP contribution in [0.25, 0.3) is 0 Å². The minimum Gasteiger partial charge on any atom is -0.377 e. The highest BCUT2D eigenvalue weighted by molar-refractivity contribution is 5.85. The van der Waals surface area contributed by atoms with Gasteiger partial charge in [0.05, 0.1) is 6.10 Å². The molecular formula is C17H33ClN2O. The van der Waals surface area contributed by atoms with Crippen molar-refractivity contribution < 1.29 is 4.74 Å². The molecule has 0 amide bonds. The van der Waals surface area contributed by atoms with Crippen LogP contribution in [0.1, 0.15) is 47.0 Å². The van der Waals surface area contributed by atoms with Crippen LogP contribution in [0.15, 0.2) is 0 Å². The highest BCUT2D eigenvalue weighted by atomic mass is 35.5. The molecule has 4 unspecified atom stereocenters. The van der Waals surface area contributed by atoms with Crippen LogP contribution in [0.4, 0.5) is 0 Å². The van der Waals surface area contributed by atoms with Gasteiger partial charge in [0.15, 0.2) is 0 Å². The maximum Gasteiger partial charge on any atom is 0.0685 e. The van der Waals surface area contributed by atoms with E-state index in [-0.39, 0.29) is 12.4 Å². The largest absolute Gasteiger partial charge is 0.377 e. The lowest BCUT2D eigenvalue weighted by Crippen LogP contribution is -2.67. The number of hydrogen-bond donors (Lipinski definition) is 1. The molecule has 2 heterocycles. The molecule has 3 rings (SSSR count). The molecule has 0 radical (unpaired) electrons. The molecule has 0 spiro atoms. The number of nitrogens with zero attached hydrogens (tertiary/aromatic N) is 1. The van der Waals surface area contributed by atoms with Crippen molar-refractivity contribution >= 4 is 12.4 Å². The second-order valence-corrected chi connectivity index (χ2v) is 8.22. The van der Waals surface area contributed by atoms with Crippen LogP contribution < -0.4 is 5.32 Å². The molecule has 3 fully saturated rings. The van der Waals surface area contributed by atoms with Gasteiger partial charge in [0.1, 0.15) is 0 Å². The fourth-order valence-corrected chi connectivity index (χ4v) is 5.14. The first-order chi connectivity index (χ1) is 9.48. The minimum atomic E-state index is 0. The van der Waals surface area contributed by atoms with Gasteiger partial charge in [0.25, 0.3) is 0 Å². The molecule has 4 atom stereocenters. The topological polar surface area (TPSA) is 24.5 Å². The Balaban J connectivity index is 0.00000161. The van der Waals surface area contributed by atoms with E-state index in [2.05, 4.69) is 37.9 Å². The third kappa shape index (κ3) is 2.99. The third-order valence-corrected chi connectivity index (χ3v) is 5.98. The van der Waals surface area contributed by atoms with E-state index in [0.717, 1.165) is 18.6 Å². The monoisotopic (exact) mass is 316 g/mol. The van der Waals surface area contributed by atoms with E-state index >= 15 is 0 Å². The molecule has 1 N–H and O–H groups in total. The summed E-state index contributed by atoms with van der Waals surface area (Å²) >= 11 is 0. The van der Waals surface area contributed by atoms with Gasteiger partial charge in [-0.1, -0.05) is 27.7 Å². The van der Waals surface area contributed by atoms with Crippen LogP contribution in [0.2, 0.25) is 0 Å². The minimum absolute atomic E-state index is 0. The summed E-state index contributed by atoms with van der Waals surface area (Å²) in [5, 5.41) is 3.55. The van der Waals surface area contributed by atoms with Crippen LogP contribution in [0.5, 0.6) is 0 Å². The molecule has 3 nitrogen and oxygen atoms in total. The van der Waals surface area contributed by atoms with Gasteiger partial charge in [-0.25, -0.2) is 0 Å². The smallest absolute Gasteiger partial charge is 0.0685 e. The molecule has 2 aliphatic heterocycles. The molecule has 3 aliphatic rings. The average Bonchev–Trinajstić information content (AvgIpc) is 2.97. The zero-order valence-corrected chi connectivity index (χ0v) is 15.0. The van der Waals surface area contributed by atoms with Gasteiger partial charge in [-0.05, 0) is 37.8 Å². The maximum atomic E-state index is 5.98. The maximum absolute atomic E-state index is 5.98. The van der Waals surface area contributed by atoms with Crippen LogP contribution in [0, 0.1) is 16.7 Å². The number of rotatable bonds is 5. The summed E-state index contributed by atoms with van der Waals surface area (Å²) in [5.41, 5.74) is 0.800. The van der Waals surface area contributed by atoms with Crippen molar-refractivity contribution in [2.24, 2.45) is 16.7 Å². The highest BCUT2D eigenvalue weighted by Gasteiger charge is 2.61. The zero-order chi connectivity index (χ0) is 14.4. The fraction of sp³-hybridized carbons (Fsp3) is 1.00. The molecule has 0 bridgehead atoms. The lowest BCUT2D eigenvalue weighted by atomic mass is 9.56. The van der Waals surface area contributed by atoms with E-state index in [0.29, 0.717) is 16.9 Å². The summed E-state index contributed by atoms with van der Waals surface area (Å²) < 4.78 is 5.98. The van der Waals surface area contributed by atoms with Gasteiger partial charge < -0.3 is 10.1 Å².